The van der Waals surface area contributed by atoms with Crippen molar-refractivity contribution in [1.82, 2.24) is 9.97 Å². The van der Waals surface area contributed by atoms with Gasteiger partial charge in [0.15, 0.2) is 0 Å². The van der Waals surface area contributed by atoms with E-state index in [-0.39, 0.29) is 0 Å². The number of benzene rings is 1. The van der Waals surface area contributed by atoms with E-state index in [1.165, 1.54) is 3.57 Å². The number of hydrogen-bond donors (Lipinski definition) is 1. The second-order valence-corrected chi connectivity index (χ2v) is 5.59. The van der Waals surface area contributed by atoms with Crippen LogP contribution < -0.4 is 10.1 Å². The SMILES string of the molecule is CCCNc1ncnc(Oc2ccc(I)cc2)c1CC. The van der Waals surface area contributed by atoms with E-state index in [0.29, 0.717) is 5.88 Å². The van der Waals surface area contributed by atoms with Gasteiger partial charge < -0.3 is 10.1 Å². The van der Waals surface area contributed by atoms with Gasteiger partial charge in [-0.1, -0.05) is 13.8 Å². The molecule has 4 nitrogen and oxygen atoms in total. The summed E-state index contributed by atoms with van der Waals surface area (Å²) in [6, 6.07) is 7.92. The lowest BCUT2D eigenvalue weighted by Crippen LogP contribution is -2.07. The van der Waals surface area contributed by atoms with Crippen LogP contribution in [0.25, 0.3) is 0 Å². The molecule has 1 aromatic heterocycles. The molecule has 0 bridgehead atoms. The Morgan fingerprint density at radius 2 is 1.90 bits per heavy atom. The van der Waals surface area contributed by atoms with Gasteiger partial charge in [0.25, 0.3) is 0 Å². The Bertz CT molecular complexity index is 558. The Balaban J connectivity index is 2.24. The highest BCUT2D eigenvalue weighted by atomic mass is 127. The minimum atomic E-state index is 0.627. The third kappa shape index (κ3) is 3.82. The second-order valence-electron chi connectivity index (χ2n) is 4.34. The van der Waals surface area contributed by atoms with Crippen LogP contribution in [0.2, 0.25) is 0 Å². The highest BCUT2D eigenvalue weighted by Crippen LogP contribution is 2.27. The molecule has 1 aromatic carbocycles. The molecule has 2 rings (SSSR count). The Morgan fingerprint density at radius 1 is 1.15 bits per heavy atom. The molecule has 5 heteroatoms. The molecule has 0 saturated carbocycles. The summed E-state index contributed by atoms with van der Waals surface area (Å²) in [4.78, 5) is 8.56. The molecule has 0 spiro atoms. The smallest absolute Gasteiger partial charge is 0.227 e. The van der Waals surface area contributed by atoms with Gasteiger partial charge in [0.05, 0.1) is 5.56 Å². The first-order valence-electron chi connectivity index (χ1n) is 6.75. The average molecular weight is 383 g/mol. The van der Waals surface area contributed by atoms with Gasteiger partial charge in [-0.25, -0.2) is 9.97 Å². The molecule has 0 unspecified atom stereocenters. The summed E-state index contributed by atoms with van der Waals surface area (Å²) in [6.07, 6.45) is 3.42. The normalized spacial score (nSPS) is 10.3. The van der Waals surface area contributed by atoms with Crippen LogP contribution in [0, 0.1) is 3.57 Å². The first-order chi connectivity index (χ1) is 9.74. The largest absolute Gasteiger partial charge is 0.439 e. The predicted octanol–water partition coefficient (Wildman–Crippen LogP) is 4.26. The lowest BCUT2D eigenvalue weighted by molar-refractivity contribution is 0.455. The molecule has 20 heavy (non-hydrogen) atoms. The number of rotatable bonds is 6. The molecule has 0 radical (unpaired) electrons. The number of aromatic nitrogens is 2. The van der Waals surface area contributed by atoms with E-state index in [0.717, 1.165) is 36.5 Å². The maximum atomic E-state index is 5.88. The molecular weight excluding hydrogens is 365 g/mol. The van der Waals surface area contributed by atoms with Crippen LogP contribution in [0.1, 0.15) is 25.8 Å². The fourth-order valence-electron chi connectivity index (χ4n) is 1.81. The Hall–Kier alpha value is -1.37. The van der Waals surface area contributed by atoms with Crippen LogP contribution in [0.3, 0.4) is 0 Å². The van der Waals surface area contributed by atoms with E-state index >= 15 is 0 Å². The predicted molar refractivity (Wildman–Crippen MR) is 89.4 cm³/mol. The van der Waals surface area contributed by atoms with Crippen molar-refractivity contribution in [3.05, 3.63) is 39.7 Å². The van der Waals surface area contributed by atoms with Crippen molar-refractivity contribution in [3.8, 4) is 11.6 Å². The van der Waals surface area contributed by atoms with E-state index in [1.807, 2.05) is 24.3 Å². The summed E-state index contributed by atoms with van der Waals surface area (Å²) in [5, 5.41) is 3.32. The van der Waals surface area contributed by atoms with Crippen LogP contribution in [0.4, 0.5) is 5.82 Å². The van der Waals surface area contributed by atoms with Gasteiger partial charge in [0.1, 0.15) is 17.9 Å². The van der Waals surface area contributed by atoms with Gasteiger partial charge in [0.2, 0.25) is 5.88 Å². The molecular formula is C15H18IN3O. The highest BCUT2D eigenvalue weighted by molar-refractivity contribution is 14.1. The molecule has 2 aromatic rings. The van der Waals surface area contributed by atoms with E-state index in [1.54, 1.807) is 6.33 Å². The molecule has 0 aliphatic heterocycles. The van der Waals surface area contributed by atoms with E-state index < -0.39 is 0 Å². The van der Waals surface area contributed by atoms with Gasteiger partial charge in [0, 0.05) is 10.1 Å². The number of ether oxygens (including phenoxy) is 1. The Morgan fingerprint density at radius 3 is 2.55 bits per heavy atom. The summed E-state index contributed by atoms with van der Waals surface area (Å²) >= 11 is 2.27. The third-order valence-corrected chi connectivity index (χ3v) is 3.55. The Labute approximate surface area is 133 Å². The maximum absolute atomic E-state index is 5.88. The molecule has 0 amide bonds. The summed E-state index contributed by atoms with van der Waals surface area (Å²) in [5.41, 5.74) is 1.01. The minimum absolute atomic E-state index is 0.627. The van der Waals surface area contributed by atoms with Gasteiger partial charge in [-0.15, -0.1) is 0 Å². The zero-order chi connectivity index (χ0) is 14.4. The van der Waals surface area contributed by atoms with E-state index in [9.17, 15) is 0 Å². The lowest BCUT2D eigenvalue weighted by Gasteiger charge is -2.13. The first-order valence-corrected chi connectivity index (χ1v) is 7.83. The van der Waals surface area contributed by atoms with Crippen LogP contribution in [0.5, 0.6) is 11.6 Å². The standard InChI is InChI=1S/C15H18IN3O/c1-3-9-17-14-13(4-2)15(19-10-18-14)20-12-7-5-11(16)6-8-12/h5-8,10H,3-4,9H2,1-2H3,(H,17,18,19). The van der Waals surface area contributed by atoms with Crippen molar-refractivity contribution in [1.29, 1.82) is 0 Å². The number of halogens is 1. The highest BCUT2D eigenvalue weighted by Gasteiger charge is 2.11. The topological polar surface area (TPSA) is 47.0 Å². The Kier molecular flexibility index (Phi) is 5.58. The number of nitrogens with one attached hydrogen (secondary N) is 1. The molecule has 0 fully saturated rings. The number of hydrogen-bond acceptors (Lipinski definition) is 4. The molecule has 0 saturated heterocycles. The van der Waals surface area contributed by atoms with Gasteiger partial charge >= 0.3 is 0 Å². The van der Waals surface area contributed by atoms with Gasteiger partial charge in [-0.05, 0) is 59.7 Å². The second kappa shape index (κ2) is 7.42. The fraction of sp³-hybridized carbons (Fsp3) is 0.333. The van der Waals surface area contributed by atoms with Crippen molar-refractivity contribution < 1.29 is 4.74 Å². The van der Waals surface area contributed by atoms with Crippen molar-refractivity contribution in [2.75, 3.05) is 11.9 Å². The molecule has 1 N–H and O–H groups in total. The molecule has 0 aliphatic rings. The van der Waals surface area contributed by atoms with Crippen molar-refractivity contribution in [2.24, 2.45) is 0 Å². The summed E-state index contributed by atoms with van der Waals surface area (Å²) < 4.78 is 7.06. The van der Waals surface area contributed by atoms with Crippen molar-refractivity contribution >= 4 is 28.4 Å². The van der Waals surface area contributed by atoms with Crippen LogP contribution in [-0.2, 0) is 6.42 Å². The van der Waals surface area contributed by atoms with Crippen LogP contribution in [0.15, 0.2) is 30.6 Å². The quantitative estimate of drug-likeness (QED) is 0.758. The molecule has 1 heterocycles. The zero-order valence-corrected chi connectivity index (χ0v) is 13.8. The van der Waals surface area contributed by atoms with Gasteiger partial charge in [-0.2, -0.15) is 0 Å². The minimum Gasteiger partial charge on any atom is -0.439 e. The average Bonchev–Trinajstić information content (AvgIpc) is 2.47. The first kappa shape index (κ1) is 15.0. The fourth-order valence-corrected chi connectivity index (χ4v) is 2.17. The molecule has 106 valence electrons. The number of anilines is 1. The van der Waals surface area contributed by atoms with E-state index in [2.05, 4.69) is 51.7 Å². The van der Waals surface area contributed by atoms with Crippen molar-refractivity contribution in [2.45, 2.75) is 26.7 Å². The summed E-state index contributed by atoms with van der Waals surface area (Å²) in [5.74, 6) is 2.28. The van der Waals surface area contributed by atoms with Gasteiger partial charge in [-0.3, -0.25) is 0 Å². The summed E-state index contributed by atoms with van der Waals surface area (Å²) in [6.45, 7) is 5.10. The lowest BCUT2D eigenvalue weighted by atomic mass is 10.2. The van der Waals surface area contributed by atoms with E-state index in [4.69, 9.17) is 4.74 Å². The maximum Gasteiger partial charge on any atom is 0.227 e. The van der Waals surface area contributed by atoms with Crippen LogP contribution in [-0.4, -0.2) is 16.5 Å². The van der Waals surface area contributed by atoms with Crippen LogP contribution >= 0.6 is 22.6 Å². The molecule has 0 aliphatic carbocycles. The number of nitrogens with zero attached hydrogens (tertiary/aromatic N) is 2. The summed E-state index contributed by atoms with van der Waals surface area (Å²) in [7, 11) is 0. The monoisotopic (exact) mass is 383 g/mol. The zero-order valence-electron chi connectivity index (χ0n) is 11.7. The van der Waals surface area contributed by atoms with Crippen molar-refractivity contribution in [3.63, 3.8) is 0 Å². The third-order valence-electron chi connectivity index (χ3n) is 2.83. The molecule has 0 atom stereocenters.